The Morgan fingerprint density at radius 3 is 2.57 bits per heavy atom. The molecule has 0 amide bonds. The summed E-state index contributed by atoms with van der Waals surface area (Å²) in [6.45, 7) is 11.7. The van der Waals surface area contributed by atoms with E-state index in [4.69, 9.17) is 9.72 Å². The SMILES string of the molecule is C[C@@H]1C(=O)O[C@@H]2[C@H]1CC[C@]1(C)Cc3sc(CS(=O)(=O)C(C)(C)C)nc3[C@H](C)[C@H]21. The van der Waals surface area contributed by atoms with Crippen molar-refractivity contribution >= 4 is 27.1 Å². The van der Waals surface area contributed by atoms with Gasteiger partial charge in [0.1, 0.15) is 16.9 Å². The molecule has 0 N–H and O–H groups in total. The third-order valence-corrected chi connectivity index (χ3v) is 11.2. The number of rotatable bonds is 2. The summed E-state index contributed by atoms with van der Waals surface area (Å²) < 4.78 is 30.4. The zero-order valence-corrected chi connectivity index (χ0v) is 19.2. The molecule has 0 bridgehead atoms. The second-order valence-corrected chi connectivity index (χ2v) is 14.2. The molecule has 0 unspecified atom stereocenters. The zero-order valence-electron chi connectivity index (χ0n) is 17.6. The maximum atomic E-state index is 12.7. The van der Waals surface area contributed by atoms with Crippen LogP contribution >= 0.6 is 11.3 Å². The summed E-state index contributed by atoms with van der Waals surface area (Å²) in [4.78, 5) is 18.3. The molecule has 0 aromatic carbocycles. The Morgan fingerprint density at radius 1 is 1.25 bits per heavy atom. The second-order valence-electron chi connectivity index (χ2n) is 10.3. The quantitative estimate of drug-likeness (QED) is 0.667. The number of carbonyl (C=O) groups excluding carboxylic acids is 1. The lowest BCUT2D eigenvalue weighted by Crippen LogP contribution is -2.50. The summed E-state index contributed by atoms with van der Waals surface area (Å²) in [6, 6.07) is 0. The van der Waals surface area contributed by atoms with Gasteiger partial charge in [-0.2, -0.15) is 0 Å². The molecule has 1 aromatic rings. The fourth-order valence-electron chi connectivity index (χ4n) is 5.57. The lowest BCUT2D eigenvalue weighted by atomic mass is 9.54. The molecular weight excluding hydrogens is 394 g/mol. The molecule has 2 aliphatic carbocycles. The van der Waals surface area contributed by atoms with E-state index in [1.54, 1.807) is 32.1 Å². The van der Waals surface area contributed by atoms with E-state index in [-0.39, 0.29) is 41.0 Å². The van der Waals surface area contributed by atoms with Gasteiger partial charge < -0.3 is 4.74 Å². The summed E-state index contributed by atoms with van der Waals surface area (Å²) in [7, 11) is -3.26. The van der Waals surface area contributed by atoms with Crippen LogP contribution in [0.1, 0.15) is 75.9 Å². The minimum absolute atomic E-state index is 0.000338. The van der Waals surface area contributed by atoms with Gasteiger partial charge >= 0.3 is 5.97 Å². The fourth-order valence-corrected chi connectivity index (χ4v) is 8.26. The average molecular weight is 426 g/mol. The minimum atomic E-state index is -3.26. The zero-order chi connectivity index (χ0) is 20.6. The molecule has 3 aliphatic rings. The Kier molecular flexibility index (Phi) is 4.55. The molecule has 1 aromatic heterocycles. The first kappa shape index (κ1) is 20.3. The van der Waals surface area contributed by atoms with Crippen LogP contribution < -0.4 is 0 Å². The van der Waals surface area contributed by atoms with Gasteiger partial charge in [0.05, 0.1) is 16.4 Å². The van der Waals surface area contributed by atoms with Crippen LogP contribution in [0.25, 0.3) is 0 Å². The van der Waals surface area contributed by atoms with Crippen molar-refractivity contribution in [2.24, 2.45) is 23.2 Å². The summed E-state index contributed by atoms with van der Waals surface area (Å²) in [5, 5.41) is 0.697. The molecule has 2 fully saturated rings. The number of sulfone groups is 1. The Hall–Kier alpha value is -0.950. The molecule has 0 spiro atoms. The van der Waals surface area contributed by atoms with Crippen LogP contribution in [0.3, 0.4) is 0 Å². The van der Waals surface area contributed by atoms with E-state index in [1.165, 1.54) is 4.88 Å². The summed E-state index contributed by atoms with van der Waals surface area (Å²) in [5.74, 6) is 0.636. The van der Waals surface area contributed by atoms with Gasteiger partial charge in [0.15, 0.2) is 9.84 Å². The largest absolute Gasteiger partial charge is 0.461 e. The summed E-state index contributed by atoms with van der Waals surface area (Å²) in [6.07, 6.45) is 2.97. The number of ether oxygens (including phenoxy) is 1. The van der Waals surface area contributed by atoms with Crippen molar-refractivity contribution in [2.45, 2.75) is 83.3 Å². The number of thiazole rings is 1. The number of nitrogens with zero attached hydrogens (tertiary/aromatic N) is 1. The van der Waals surface area contributed by atoms with Gasteiger partial charge in [-0.25, -0.2) is 13.4 Å². The van der Waals surface area contributed by atoms with Crippen molar-refractivity contribution in [1.82, 2.24) is 4.98 Å². The number of hydrogen-bond donors (Lipinski definition) is 0. The molecule has 1 saturated carbocycles. The normalized spacial score (nSPS) is 37.8. The number of hydrogen-bond acceptors (Lipinski definition) is 6. The predicted octanol–water partition coefficient (Wildman–Crippen LogP) is 4.11. The highest BCUT2D eigenvalue weighted by molar-refractivity contribution is 7.92. The van der Waals surface area contributed by atoms with E-state index < -0.39 is 14.6 Å². The maximum Gasteiger partial charge on any atom is 0.309 e. The Bertz CT molecular complexity index is 913. The summed E-state index contributed by atoms with van der Waals surface area (Å²) >= 11 is 1.56. The van der Waals surface area contributed by atoms with Crippen LogP contribution in [0.5, 0.6) is 0 Å². The Morgan fingerprint density at radius 2 is 1.93 bits per heavy atom. The average Bonchev–Trinajstić information content (AvgIpc) is 3.06. The number of esters is 1. The molecule has 28 heavy (non-hydrogen) atoms. The second kappa shape index (κ2) is 6.27. The van der Waals surface area contributed by atoms with Crippen molar-refractivity contribution in [3.8, 4) is 0 Å². The third kappa shape index (κ3) is 2.95. The minimum Gasteiger partial charge on any atom is -0.461 e. The Labute approximate surface area is 172 Å². The van der Waals surface area contributed by atoms with Crippen LogP contribution in [0, 0.1) is 23.2 Å². The van der Waals surface area contributed by atoms with Crippen molar-refractivity contribution in [2.75, 3.05) is 0 Å². The number of carbonyl (C=O) groups is 1. The summed E-state index contributed by atoms with van der Waals surface area (Å²) in [5.41, 5.74) is 1.10. The van der Waals surface area contributed by atoms with Crippen LogP contribution in [0.4, 0.5) is 0 Å². The molecule has 6 atom stereocenters. The first-order chi connectivity index (χ1) is 12.8. The van der Waals surface area contributed by atoms with Crippen molar-refractivity contribution < 1.29 is 17.9 Å². The van der Waals surface area contributed by atoms with Gasteiger partial charge in [-0.3, -0.25) is 4.79 Å². The van der Waals surface area contributed by atoms with Crippen molar-refractivity contribution in [1.29, 1.82) is 0 Å². The van der Waals surface area contributed by atoms with Crippen molar-refractivity contribution in [3.63, 3.8) is 0 Å². The monoisotopic (exact) mass is 425 g/mol. The molecule has 1 saturated heterocycles. The van der Waals surface area contributed by atoms with E-state index in [2.05, 4.69) is 13.8 Å². The number of aromatic nitrogens is 1. The smallest absolute Gasteiger partial charge is 0.309 e. The maximum absolute atomic E-state index is 12.7. The van der Waals surface area contributed by atoms with Gasteiger partial charge in [-0.15, -0.1) is 11.3 Å². The molecule has 0 radical (unpaired) electrons. The molecule has 2 heterocycles. The third-order valence-electron chi connectivity index (χ3n) is 7.45. The predicted molar refractivity (Wildman–Crippen MR) is 110 cm³/mol. The van der Waals surface area contributed by atoms with Crippen LogP contribution in [0.15, 0.2) is 0 Å². The molecule has 1 aliphatic heterocycles. The van der Waals surface area contributed by atoms with E-state index >= 15 is 0 Å². The fraction of sp³-hybridized carbons (Fsp3) is 0.810. The highest BCUT2D eigenvalue weighted by atomic mass is 32.2. The van der Waals surface area contributed by atoms with Crippen LogP contribution in [-0.2, 0) is 31.5 Å². The van der Waals surface area contributed by atoms with E-state index in [0.717, 1.165) is 25.0 Å². The lowest BCUT2D eigenvalue weighted by Gasteiger charge is -2.51. The van der Waals surface area contributed by atoms with Gasteiger partial charge in [0, 0.05) is 22.6 Å². The molecule has 4 rings (SSSR count). The first-order valence-electron chi connectivity index (χ1n) is 10.3. The number of fused-ring (bicyclic) bond motifs is 4. The highest BCUT2D eigenvalue weighted by Gasteiger charge is 2.58. The van der Waals surface area contributed by atoms with E-state index in [1.807, 2.05) is 6.92 Å². The Balaban J connectivity index is 1.68. The van der Waals surface area contributed by atoms with Gasteiger partial charge in [0.2, 0.25) is 0 Å². The molecule has 7 heteroatoms. The highest BCUT2D eigenvalue weighted by Crippen LogP contribution is 2.59. The van der Waals surface area contributed by atoms with Gasteiger partial charge in [0.25, 0.3) is 0 Å². The first-order valence-corrected chi connectivity index (χ1v) is 12.7. The molecule has 156 valence electrons. The topological polar surface area (TPSA) is 73.3 Å². The van der Waals surface area contributed by atoms with Gasteiger partial charge in [-0.1, -0.05) is 20.8 Å². The van der Waals surface area contributed by atoms with Gasteiger partial charge in [-0.05, 0) is 45.4 Å². The van der Waals surface area contributed by atoms with E-state index in [0.29, 0.717) is 10.9 Å². The van der Waals surface area contributed by atoms with E-state index in [9.17, 15) is 13.2 Å². The van der Waals surface area contributed by atoms with Crippen molar-refractivity contribution in [3.05, 3.63) is 15.6 Å². The van der Waals surface area contributed by atoms with Crippen LogP contribution in [-0.4, -0.2) is 30.2 Å². The van der Waals surface area contributed by atoms with Crippen LogP contribution in [0.2, 0.25) is 0 Å². The molecule has 5 nitrogen and oxygen atoms in total. The standard InChI is InChI=1S/C21H31NO4S2/c1-11-13-7-8-21(6)9-14-17(12(2)16(21)18(13)26-19(11)23)22-15(27-14)10-28(24,25)20(3,4)5/h11-13,16,18H,7-10H2,1-6H3/t11-,12+,13-,16+,18+,21+/m0/s1. The lowest BCUT2D eigenvalue weighted by molar-refractivity contribution is -0.149. The molecular formula is C21H31NO4S2.